The topological polar surface area (TPSA) is 29.5 Å². The normalized spacial score (nSPS) is 14.7. The highest BCUT2D eigenvalue weighted by molar-refractivity contribution is 6.32. The molecule has 0 saturated carbocycles. The van der Waals surface area contributed by atoms with Crippen molar-refractivity contribution in [1.82, 2.24) is 0 Å². The van der Waals surface area contributed by atoms with Gasteiger partial charge in [0.1, 0.15) is 5.75 Å². The summed E-state index contributed by atoms with van der Waals surface area (Å²) in [6.45, 7) is 5.77. The molecule has 0 bridgehead atoms. The van der Waals surface area contributed by atoms with Gasteiger partial charge < -0.3 is 9.84 Å². The second kappa shape index (κ2) is 5.38. The summed E-state index contributed by atoms with van der Waals surface area (Å²) in [4.78, 5) is 0. The van der Waals surface area contributed by atoms with Gasteiger partial charge in [-0.05, 0) is 38.0 Å². The molecule has 0 aliphatic rings. The van der Waals surface area contributed by atoms with Crippen molar-refractivity contribution in [3.8, 4) is 5.75 Å². The van der Waals surface area contributed by atoms with E-state index < -0.39 is 6.10 Å². The van der Waals surface area contributed by atoms with E-state index in [1.165, 1.54) is 0 Å². The Labute approximate surface area is 95.8 Å². The summed E-state index contributed by atoms with van der Waals surface area (Å²) in [7, 11) is 0. The summed E-state index contributed by atoms with van der Waals surface area (Å²) < 4.78 is 5.62. The number of aliphatic hydroxyl groups is 1. The highest BCUT2D eigenvalue weighted by atomic mass is 35.5. The minimum atomic E-state index is -0.500. The number of halogens is 1. The molecule has 0 aliphatic heterocycles. The molecule has 2 nitrogen and oxygen atoms in total. The lowest BCUT2D eigenvalue weighted by atomic mass is 10.1. The maximum absolute atomic E-state index is 9.37. The smallest absolute Gasteiger partial charge is 0.138 e. The van der Waals surface area contributed by atoms with Crippen molar-refractivity contribution in [3.05, 3.63) is 28.8 Å². The summed E-state index contributed by atoms with van der Waals surface area (Å²) >= 11 is 6.04. The fourth-order valence-electron chi connectivity index (χ4n) is 1.17. The molecule has 0 heterocycles. The molecule has 0 fully saturated rings. The monoisotopic (exact) mass is 228 g/mol. The van der Waals surface area contributed by atoms with Crippen LogP contribution in [0.2, 0.25) is 5.02 Å². The Morgan fingerprint density at radius 2 is 2.07 bits per heavy atom. The fraction of sp³-hybridized carbons (Fsp3) is 0.500. The van der Waals surface area contributed by atoms with Crippen molar-refractivity contribution < 1.29 is 9.84 Å². The summed E-state index contributed by atoms with van der Waals surface area (Å²) in [5, 5.41) is 9.92. The molecule has 1 unspecified atom stereocenters. The first kappa shape index (κ1) is 12.3. The first-order valence-corrected chi connectivity index (χ1v) is 5.56. The van der Waals surface area contributed by atoms with E-state index in [4.69, 9.17) is 16.3 Å². The predicted octanol–water partition coefficient (Wildman–Crippen LogP) is 3.57. The van der Waals surface area contributed by atoms with Crippen LogP contribution in [0.15, 0.2) is 18.2 Å². The van der Waals surface area contributed by atoms with Gasteiger partial charge in [0.15, 0.2) is 0 Å². The summed E-state index contributed by atoms with van der Waals surface area (Å²) in [5.74, 6) is 0.676. The fourth-order valence-corrected chi connectivity index (χ4v) is 1.41. The molecule has 15 heavy (non-hydrogen) atoms. The molecular formula is C12H17ClO2. The zero-order valence-corrected chi connectivity index (χ0v) is 10.1. The van der Waals surface area contributed by atoms with Crippen LogP contribution in [-0.2, 0) is 0 Å². The Morgan fingerprint density at radius 1 is 1.40 bits per heavy atom. The maximum atomic E-state index is 9.37. The van der Waals surface area contributed by atoms with Gasteiger partial charge in [0, 0.05) is 0 Å². The molecule has 3 heteroatoms. The molecule has 0 saturated heterocycles. The minimum Gasteiger partial charge on any atom is -0.489 e. The van der Waals surface area contributed by atoms with Crippen LogP contribution in [0.25, 0.3) is 0 Å². The highest BCUT2D eigenvalue weighted by Crippen LogP contribution is 2.28. The minimum absolute atomic E-state index is 0.153. The number of hydrogen-bond donors (Lipinski definition) is 1. The molecule has 1 rings (SSSR count). The van der Waals surface area contributed by atoms with Crippen molar-refractivity contribution in [2.75, 3.05) is 0 Å². The van der Waals surface area contributed by atoms with Gasteiger partial charge in [0.05, 0.1) is 17.2 Å². The number of hydrogen-bond acceptors (Lipinski definition) is 2. The van der Waals surface area contributed by atoms with Crippen LogP contribution < -0.4 is 4.74 Å². The van der Waals surface area contributed by atoms with Gasteiger partial charge in [-0.25, -0.2) is 0 Å². The van der Waals surface area contributed by atoms with Gasteiger partial charge in [-0.3, -0.25) is 0 Å². The van der Waals surface area contributed by atoms with Gasteiger partial charge in [-0.2, -0.15) is 0 Å². The van der Waals surface area contributed by atoms with Crippen LogP contribution in [0.1, 0.15) is 38.9 Å². The summed E-state index contributed by atoms with van der Waals surface area (Å²) in [5.41, 5.74) is 0.802. The first-order valence-electron chi connectivity index (χ1n) is 5.18. The molecular weight excluding hydrogens is 212 g/mol. The zero-order valence-electron chi connectivity index (χ0n) is 9.33. The molecule has 84 valence electrons. The average Bonchev–Trinajstić information content (AvgIpc) is 2.20. The largest absolute Gasteiger partial charge is 0.489 e. The zero-order chi connectivity index (χ0) is 11.4. The molecule has 0 spiro atoms. The van der Waals surface area contributed by atoms with Crippen LogP contribution >= 0.6 is 11.6 Å². The predicted molar refractivity (Wildman–Crippen MR) is 62.5 cm³/mol. The molecule has 0 aromatic heterocycles. The maximum Gasteiger partial charge on any atom is 0.138 e. The third-order valence-electron chi connectivity index (χ3n) is 2.34. The van der Waals surface area contributed by atoms with Crippen molar-refractivity contribution in [3.63, 3.8) is 0 Å². The van der Waals surface area contributed by atoms with Gasteiger partial charge in [-0.15, -0.1) is 0 Å². The first-order chi connectivity index (χ1) is 7.04. The summed E-state index contributed by atoms with van der Waals surface area (Å²) in [6, 6.07) is 5.37. The van der Waals surface area contributed by atoms with Crippen LogP contribution in [0.4, 0.5) is 0 Å². The number of ether oxygens (including phenoxy) is 1. The van der Waals surface area contributed by atoms with E-state index in [-0.39, 0.29) is 6.10 Å². The quantitative estimate of drug-likeness (QED) is 0.854. The van der Waals surface area contributed by atoms with E-state index in [1.54, 1.807) is 19.1 Å². The van der Waals surface area contributed by atoms with Crippen LogP contribution in [-0.4, -0.2) is 11.2 Å². The van der Waals surface area contributed by atoms with Gasteiger partial charge >= 0.3 is 0 Å². The molecule has 1 N–H and O–H groups in total. The van der Waals surface area contributed by atoms with Crippen molar-refractivity contribution >= 4 is 11.6 Å². The van der Waals surface area contributed by atoms with Gasteiger partial charge in [-0.1, -0.05) is 24.6 Å². The van der Waals surface area contributed by atoms with Crippen molar-refractivity contribution in [1.29, 1.82) is 0 Å². The Kier molecular flexibility index (Phi) is 4.43. The van der Waals surface area contributed by atoms with Crippen molar-refractivity contribution in [2.45, 2.75) is 39.4 Å². The second-order valence-corrected chi connectivity index (χ2v) is 4.11. The third kappa shape index (κ3) is 3.40. The third-order valence-corrected chi connectivity index (χ3v) is 2.64. The number of aliphatic hydroxyl groups excluding tert-OH is 1. The van der Waals surface area contributed by atoms with E-state index >= 15 is 0 Å². The lowest BCUT2D eigenvalue weighted by Crippen LogP contribution is -2.10. The van der Waals surface area contributed by atoms with E-state index in [2.05, 4.69) is 6.92 Å². The van der Waals surface area contributed by atoms with E-state index in [1.807, 2.05) is 13.0 Å². The standard InChI is InChI=1S/C12H17ClO2/c1-4-8(2)15-12-6-5-10(9(3)14)7-11(12)13/h5-9,14H,4H2,1-3H3/t8?,9-/m1/s1. The van der Waals surface area contributed by atoms with Gasteiger partial charge in [0.2, 0.25) is 0 Å². The Balaban J connectivity index is 2.83. The molecule has 0 amide bonds. The van der Waals surface area contributed by atoms with Crippen LogP contribution in [0.5, 0.6) is 5.75 Å². The van der Waals surface area contributed by atoms with Crippen molar-refractivity contribution in [2.24, 2.45) is 0 Å². The molecule has 1 aromatic rings. The van der Waals surface area contributed by atoms with E-state index in [0.717, 1.165) is 12.0 Å². The molecule has 1 aromatic carbocycles. The lowest BCUT2D eigenvalue weighted by Gasteiger charge is -2.15. The van der Waals surface area contributed by atoms with Gasteiger partial charge in [0.25, 0.3) is 0 Å². The van der Waals surface area contributed by atoms with Crippen LogP contribution in [0, 0.1) is 0 Å². The Hall–Kier alpha value is -0.730. The van der Waals surface area contributed by atoms with Crippen LogP contribution in [0.3, 0.4) is 0 Å². The Bertz CT molecular complexity index is 323. The highest BCUT2D eigenvalue weighted by Gasteiger charge is 2.08. The Morgan fingerprint density at radius 3 is 2.53 bits per heavy atom. The SMILES string of the molecule is CCC(C)Oc1ccc([C@@H](C)O)cc1Cl. The second-order valence-electron chi connectivity index (χ2n) is 3.70. The molecule has 0 radical (unpaired) electrons. The number of rotatable bonds is 4. The molecule has 0 aliphatic carbocycles. The average molecular weight is 229 g/mol. The molecule has 2 atom stereocenters. The van der Waals surface area contributed by atoms with E-state index in [9.17, 15) is 5.11 Å². The summed E-state index contributed by atoms with van der Waals surface area (Å²) in [6.07, 6.45) is 0.592. The lowest BCUT2D eigenvalue weighted by molar-refractivity contribution is 0.198. The number of benzene rings is 1. The van der Waals surface area contributed by atoms with E-state index in [0.29, 0.717) is 10.8 Å².